The van der Waals surface area contributed by atoms with Crippen molar-refractivity contribution in [2.75, 3.05) is 7.11 Å². The first-order chi connectivity index (χ1) is 10.2. The van der Waals surface area contributed by atoms with Gasteiger partial charge in [-0.3, -0.25) is 4.79 Å². The Morgan fingerprint density at radius 1 is 1.14 bits per heavy atom. The van der Waals surface area contributed by atoms with Crippen LogP contribution in [-0.4, -0.2) is 12.9 Å². The molecule has 0 atom stereocenters. The zero-order valence-corrected chi connectivity index (χ0v) is 12.4. The molecule has 110 valence electrons. The SMILES string of the molecule is CCCCc1ccc(C(=O)c2ccc(OC)cc2F)cc1. The highest BCUT2D eigenvalue weighted by Crippen LogP contribution is 2.19. The Labute approximate surface area is 124 Å². The van der Waals surface area contributed by atoms with Gasteiger partial charge in [-0.2, -0.15) is 0 Å². The molecule has 0 aliphatic heterocycles. The highest BCUT2D eigenvalue weighted by Gasteiger charge is 2.14. The van der Waals surface area contributed by atoms with Gasteiger partial charge in [-0.05, 0) is 30.5 Å². The van der Waals surface area contributed by atoms with Gasteiger partial charge in [0.05, 0.1) is 12.7 Å². The highest BCUT2D eigenvalue weighted by atomic mass is 19.1. The fourth-order valence-electron chi connectivity index (χ4n) is 2.17. The monoisotopic (exact) mass is 286 g/mol. The van der Waals surface area contributed by atoms with Crippen molar-refractivity contribution >= 4 is 5.78 Å². The number of unbranched alkanes of at least 4 members (excludes halogenated alkanes) is 1. The van der Waals surface area contributed by atoms with Crippen LogP contribution in [0.1, 0.15) is 41.3 Å². The Kier molecular flexibility index (Phi) is 5.09. The maximum atomic E-state index is 13.9. The number of rotatable bonds is 6. The van der Waals surface area contributed by atoms with E-state index < -0.39 is 5.82 Å². The summed E-state index contributed by atoms with van der Waals surface area (Å²) in [6.07, 6.45) is 3.26. The number of halogens is 1. The van der Waals surface area contributed by atoms with E-state index in [0.717, 1.165) is 19.3 Å². The van der Waals surface area contributed by atoms with E-state index in [-0.39, 0.29) is 11.3 Å². The van der Waals surface area contributed by atoms with E-state index in [2.05, 4.69) is 6.92 Å². The van der Waals surface area contributed by atoms with E-state index in [1.165, 1.54) is 24.8 Å². The summed E-state index contributed by atoms with van der Waals surface area (Å²) in [5.41, 5.74) is 1.76. The Hall–Kier alpha value is -2.16. The summed E-state index contributed by atoms with van der Waals surface area (Å²) in [6.45, 7) is 2.14. The van der Waals surface area contributed by atoms with E-state index in [9.17, 15) is 9.18 Å². The predicted octanol–water partition coefficient (Wildman–Crippen LogP) is 4.41. The van der Waals surface area contributed by atoms with Crippen molar-refractivity contribution < 1.29 is 13.9 Å². The highest BCUT2D eigenvalue weighted by molar-refractivity contribution is 6.09. The third-order valence-corrected chi connectivity index (χ3v) is 3.46. The smallest absolute Gasteiger partial charge is 0.195 e. The largest absolute Gasteiger partial charge is 0.497 e. The molecule has 0 aliphatic carbocycles. The second-order valence-corrected chi connectivity index (χ2v) is 4.98. The quantitative estimate of drug-likeness (QED) is 0.735. The summed E-state index contributed by atoms with van der Waals surface area (Å²) in [5.74, 6) is -0.467. The zero-order chi connectivity index (χ0) is 15.2. The normalized spacial score (nSPS) is 10.4. The number of carbonyl (C=O) groups excluding carboxylic acids is 1. The number of benzene rings is 2. The molecule has 2 aromatic carbocycles. The van der Waals surface area contributed by atoms with Crippen LogP contribution in [0.4, 0.5) is 4.39 Å². The van der Waals surface area contributed by atoms with Crippen LogP contribution in [0.5, 0.6) is 5.75 Å². The lowest BCUT2D eigenvalue weighted by atomic mass is 10.00. The molecule has 0 bridgehead atoms. The van der Waals surface area contributed by atoms with Crippen molar-refractivity contribution in [1.82, 2.24) is 0 Å². The van der Waals surface area contributed by atoms with Crippen molar-refractivity contribution in [3.05, 3.63) is 65.0 Å². The molecule has 21 heavy (non-hydrogen) atoms. The lowest BCUT2D eigenvalue weighted by molar-refractivity contribution is 0.103. The molecule has 2 nitrogen and oxygen atoms in total. The van der Waals surface area contributed by atoms with E-state index >= 15 is 0 Å². The summed E-state index contributed by atoms with van der Waals surface area (Å²) in [6, 6.07) is 11.7. The number of methoxy groups -OCH3 is 1. The minimum atomic E-state index is -0.561. The molecule has 0 aromatic heterocycles. The van der Waals surface area contributed by atoms with Crippen LogP contribution in [0, 0.1) is 5.82 Å². The molecule has 0 aliphatic rings. The van der Waals surface area contributed by atoms with Crippen LogP contribution in [0.3, 0.4) is 0 Å². The number of hydrogen-bond donors (Lipinski definition) is 0. The molecule has 0 saturated heterocycles. The first-order valence-electron chi connectivity index (χ1n) is 7.13. The van der Waals surface area contributed by atoms with E-state index in [0.29, 0.717) is 11.3 Å². The first-order valence-corrected chi connectivity index (χ1v) is 7.13. The fraction of sp³-hybridized carbons (Fsp3) is 0.278. The molecule has 0 unspecified atom stereocenters. The molecular formula is C18H19FO2. The Morgan fingerprint density at radius 2 is 1.86 bits per heavy atom. The molecule has 2 rings (SSSR count). The zero-order valence-electron chi connectivity index (χ0n) is 12.4. The third kappa shape index (κ3) is 3.69. The molecule has 0 amide bonds. The number of hydrogen-bond acceptors (Lipinski definition) is 2. The van der Waals surface area contributed by atoms with Crippen molar-refractivity contribution in [1.29, 1.82) is 0 Å². The van der Waals surface area contributed by atoms with Crippen molar-refractivity contribution in [2.45, 2.75) is 26.2 Å². The Morgan fingerprint density at radius 3 is 2.43 bits per heavy atom. The minimum Gasteiger partial charge on any atom is -0.497 e. The van der Waals surface area contributed by atoms with Crippen molar-refractivity contribution in [3.63, 3.8) is 0 Å². The van der Waals surface area contributed by atoms with Gasteiger partial charge >= 0.3 is 0 Å². The Bertz CT molecular complexity index is 618. The maximum Gasteiger partial charge on any atom is 0.195 e. The van der Waals surface area contributed by atoms with Crippen LogP contribution < -0.4 is 4.74 Å². The number of ketones is 1. The van der Waals surface area contributed by atoms with Crippen LogP contribution >= 0.6 is 0 Å². The molecule has 0 heterocycles. The lowest BCUT2D eigenvalue weighted by Crippen LogP contribution is -2.04. The van der Waals surface area contributed by atoms with Crippen molar-refractivity contribution in [3.8, 4) is 5.75 Å². The van der Waals surface area contributed by atoms with Gasteiger partial charge in [-0.1, -0.05) is 37.6 Å². The Balaban J connectivity index is 2.19. The summed E-state index contributed by atoms with van der Waals surface area (Å²) < 4.78 is 18.9. The van der Waals surface area contributed by atoms with Gasteiger partial charge in [-0.25, -0.2) is 4.39 Å². The molecule has 3 heteroatoms. The second kappa shape index (κ2) is 7.02. The van der Waals surface area contributed by atoms with Gasteiger partial charge in [-0.15, -0.1) is 0 Å². The molecule has 0 saturated carbocycles. The van der Waals surface area contributed by atoms with E-state index in [4.69, 9.17) is 4.74 Å². The summed E-state index contributed by atoms with van der Waals surface area (Å²) >= 11 is 0. The van der Waals surface area contributed by atoms with Crippen LogP contribution in [0.2, 0.25) is 0 Å². The third-order valence-electron chi connectivity index (χ3n) is 3.46. The van der Waals surface area contributed by atoms with Gasteiger partial charge in [0.2, 0.25) is 0 Å². The first kappa shape index (κ1) is 15.2. The van der Waals surface area contributed by atoms with E-state index in [1.807, 2.05) is 12.1 Å². The summed E-state index contributed by atoms with van der Waals surface area (Å²) in [4.78, 5) is 12.3. The standard InChI is InChI=1S/C18H19FO2/c1-3-4-5-13-6-8-14(9-7-13)18(20)16-11-10-15(21-2)12-17(16)19/h6-12H,3-5H2,1-2H3. The second-order valence-electron chi connectivity index (χ2n) is 4.98. The van der Waals surface area contributed by atoms with E-state index in [1.54, 1.807) is 18.2 Å². The predicted molar refractivity (Wildman–Crippen MR) is 81.4 cm³/mol. The fourth-order valence-corrected chi connectivity index (χ4v) is 2.17. The number of ether oxygens (including phenoxy) is 1. The average molecular weight is 286 g/mol. The summed E-state index contributed by atoms with van der Waals surface area (Å²) in [5, 5.41) is 0. The van der Waals surface area contributed by atoms with Crippen LogP contribution in [0.15, 0.2) is 42.5 Å². The van der Waals surface area contributed by atoms with Crippen LogP contribution in [0.25, 0.3) is 0 Å². The van der Waals surface area contributed by atoms with Gasteiger partial charge in [0.15, 0.2) is 5.78 Å². The minimum absolute atomic E-state index is 0.0668. The molecular weight excluding hydrogens is 267 g/mol. The molecule has 0 fully saturated rings. The van der Waals surface area contributed by atoms with Gasteiger partial charge in [0, 0.05) is 11.6 Å². The molecule has 2 aromatic rings. The number of carbonyl (C=O) groups is 1. The molecule has 0 spiro atoms. The van der Waals surface area contributed by atoms with Gasteiger partial charge in [0.1, 0.15) is 11.6 Å². The molecule has 0 radical (unpaired) electrons. The summed E-state index contributed by atoms with van der Waals surface area (Å²) in [7, 11) is 1.46. The average Bonchev–Trinajstić information content (AvgIpc) is 2.52. The molecule has 0 N–H and O–H groups in total. The van der Waals surface area contributed by atoms with Crippen molar-refractivity contribution in [2.24, 2.45) is 0 Å². The van der Waals surface area contributed by atoms with Gasteiger partial charge in [0.25, 0.3) is 0 Å². The van der Waals surface area contributed by atoms with Crippen LogP contribution in [-0.2, 0) is 6.42 Å². The lowest BCUT2D eigenvalue weighted by Gasteiger charge is -2.06. The maximum absolute atomic E-state index is 13.9. The number of aryl methyl sites for hydroxylation is 1. The topological polar surface area (TPSA) is 26.3 Å². The van der Waals surface area contributed by atoms with Gasteiger partial charge < -0.3 is 4.74 Å².